The van der Waals surface area contributed by atoms with Gasteiger partial charge in [0.15, 0.2) is 17.3 Å². The number of nitrogens with zero attached hydrogens (tertiary/aromatic N) is 8. The number of aryl methyl sites for hydroxylation is 2. The van der Waals surface area contributed by atoms with Crippen LogP contribution < -0.4 is 10.6 Å². The average Bonchev–Trinajstić information content (AvgIpc) is 3.23. The van der Waals surface area contributed by atoms with Crippen molar-refractivity contribution in [3.63, 3.8) is 0 Å². The second kappa shape index (κ2) is 7.87. The lowest BCUT2D eigenvalue weighted by Gasteiger charge is -2.11. The second-order valence-electron chi connectivity index (χ2n) is 7.07. The quantitative estimate of drug-likeness (QED) is 0.494. The van der Waals surface area contributed by atoms with E-state index in [9.17, 15) is 4.79 Å². The molecule has 0 spiro atoms. The van der Waals surface area contributed by atoms with Gasteiger partial charge in [0.25, 0.3) is 0 Å². The maximum Gasteiger partial charge on any atom is 0.239 e. The molecule has 11 nitrogen and oxygen atoms in total. The number of carbonyl (C=O) groups is 1. The number of rotatable bonds is 6. The number of anilines is 3. The second-order valence-corrected chi connectivity index (χ2v) is 7.07. The number of imidazole rings is 1. The van der Waals surface area contributed by atoms with Crippen LogP contribution in [0.2, 0.25) is 0 Å². The number of hydrogen-bond acceptors (Lipinski definition) is 8. The van der Waals surface area contributed by atoms with Gasteiger partial charge < -0.3 is 15.5 Å². The Morgan fingerprint density at radius 1 is 1.17 bits per heavy atom. The summed E-state index contributed by atoms with van der Waals surface area (Å²) < 4.78 is 3.39. The summed E-state index contributed by atoms with van der Waals surface area (Å²) in [6.07, 6.45) is 3.51. The van der Waals surface area contributed by atoms with Crippen LogP contribution in [0.25, 0.3) is 17.0 Å². The molecule has 0 aromatic carbocycles. The van der Waals surface area contributed by atoms with E-state index in [0.29, 0.717) is 40.3 Å². The Balaban J connectivity index is 1.78. The molecule has 0 aliphatic carbocycles. The topological polar surface area (TPSA) is 118 Å². The summed E-state index contributed by atoms with van der Waals surface area (Å²) in [5, 5.41) is 14.8. The summed E-state index contributed by atoms with van der Waals surface area (Å²) in [7, 11) is 5.50. The zero-order valence-electron chi connectivity index (χ0n) is 17.2. The maximum absolute atomic E-state index is 12.2. The van der Waals surface area contributed by atoms with Crippen LogP contribution in [0.1, 0.15) is 5.82 Å². The Morgan fingerprint density at radius 2 is 2.00 bits per heavy atom. The highest BCUT2D eigenvalue weighted by Crippen LogP contribution is 2.30. The van der Waals surface area contributed by atoms with Crippen molar-refractivity contribution in [2.24, 2.45) is 7.05 Å². The van der Waals surface area contributed by atoms with Crippen molar-refractivity contribution in [3.8, 4) is 11.4 Å². The van der Waals surface area contributed by atoms with Gasteiger partial charge >= 0.3 is 0 Å². The fourth-order valence-corrected chi connectivity index (χ4v) is 3.03. The predicted octanol–water partition coefficient (Wildman–Crippen LogP) is 1.47. The Bertz CT molecular complexity index is 1210. The Kier molecular flexibility index (Phi) is 5.11. The number of amides is 1. The highest BCUT2D eigenvalue weighted by molar-refractivity contribution is 5.92. The van der Waals surface area contributed by atoms with Gasteiger partial charge in [0.05, 0.1) is 12.2 Å². The van der Waals surface area contributed by atoms with E-state index in [1.54, 1.807) is 33.3 Å². The standard InChI is InChI=1S/C19H22N10O/c1-12-21-13(10-15(22-12)23-17(30)11-27(2)3)18-19(24-14-7-9-28(4)26-14)25-16-6-5-8-20-29(16)18/h5-10H,11H2,1-4H3,(H,24,26)(H,21,22,23,30). The minimum atomic E-state index is -0.160. The molecule has 4 aromatic heterocycles. The molecule has 0 aliphatic heterocycles. The summed E-state index contributed by atoms with van der Waals surface area (Å²) in [6, 6.07) is 7.23. The molecule has 0 unspecified atom stereocenters. The van der Waals surface area contributed by atoms with E-state index in [1.807, 2.05) is 45.5 Å². The van der Waals surface area contributed by atoms with E-state index in [-0.39, 0.29) is 12.5 Å². The smallest absolute Gasteiger partial charge is 0.239 e. The lowest BCUT2D eigenvalue weighted by Crippen LogP contribution is -2.27. The number of nitrogens with one attached hydrogen (secondary N) is 2. The van der Waals surface area contributed by atoms with Crippen molar-refractivity contribution in [1.29, 1.82) is 0 Å². The van der Waals surface area contributed by atoms with Gasteiger partial charge in [-0.3, -0.25) is 9.48 Å². The first-order valence-electron chi connectivity index (χ1n) is 9.30. The van der Waals surface area contributed by atoms with Crippen LogP contribution >= 0.6 is 0 Å². The van der Waals surface area contributed by atoms with E-state index >= 15 is 0 Å². The van der Waals surface area contributed by atoms with Gasteiger partial charge in [0.1, 0.15) is 17.3 Å². The van der Waals surface area contributed by atoms with Gasteiger partial charge in [-0.1, -0.05) is 0 Å². The van der Waals surface area contributed by atoms with Crippen molar-refractivity contribution in [3.05, 3.63) is 42.5 Å². The molecule has 11 heteroatoms. The molecule has 0 radical (unpaired) electrons. The van der Waals surface area contributed by atoms with E-state index in [2.05, 4.69) is 35.8 Å². The molecule has 30 heavy (non-hydrogen) atoms. The van der Waals surface area contributed by atoms with Crippen LogP contribution in [0.5, 0.6) is 0 Å². The SMILES string of the molecule is Cc1nc(NC(=O)CN(C)C)cc(-c2c(Nc3ccn(C)n3)nc3cccnn23)n1. The molecule has 0 saturated carbocycles. The molecule has 0 aliphatic rings. The minimum absolute atomic E-state index is 0.160. The Morgan fingerprint density at radius 3 is 2.73 bits per heavy atom. The third kappa shape index (κ3) is 4.10. The van der Waals surface area contributed by atoms with E-state index in [0.717, 1.165) is 0 Å². The first-order valence-corrected chi connectivity index (χ1v) is 9.30. The van der Waals surface area contributed by atoms with Crippen molar-refractivity contribution >= 4 is 29.0 Å². The summed E-state index contributed by atoms with van der Waals surface area (Å²) >= 11 is 0. The molecule has 4 heterocycles. The number of aromatic nitrogens is 7. The highest BCUT2D eigenvalue weighted by atomic mass is 16.2. The van der Waals surface area contributed by atoms with Crippen LogP contribution in [-0.4, -0.2) is 65.8 Å². The van der Waals surface area contributed by atoms with Crippen LogP contribution in [0.15, 0.2) is 36.7 Å². The monoisotopic (exact) mass is 406 g/mol. The van der Waals surface area contributed by atoms with Gasteiger partial charge in [-0.2, -0.15) is 10.2 Å². The lowest BCUT2D eigenvalue weighted by molar-refractivity contribution is -0.116. The highest BCUT2D eigenvalue weighted by Gasteiger charge is 2.19. The Hall–Kier alpha value is -3.86. The molecule has 0 atom stereocenters. The summed E-state index contributed by atoms with van der Waals surface area (Å²) in [6.45, 7) is 2.02. The molecule has 154 valence electrons. The Labute approximate surface area is 172 Å². The fourth-order valence-electron chi connectivity index (χ4n) is 3.03. The van der Waals surface area contributed by atoms with Crippen molar-refractivity contribution in [1.82, 2.24) is 39.2 Å². The molecule has 0 saturated heterocycles. The zero-order valence-corrected chi connectivity index (χ0v) is 17.2. The molecular formula is C19H22N10O. The van der Waals surface area contributed by atoms with Gasteiger partial charge in [0.2, 0.25) is 5.91 Å². The van der Waals surface area contributed by atoms with Crippen molar-refractivity contribution < 1.29 is 4.79 Å². The number of fused-ring (bicyclic) bond motifs is 1. The summed E-state index contributed by atoms with van der Waals surface area (Å²) in [5.74, 6) is 1.97. The van der Waals surface area contributed by atoms with Crippen molar-refractivity contribution in [2.45, 2.75) is 6.92 Å². The van der Waals surface area contributed by atoms with Gasteiger partial charge in [-0.25, -0.2) is 19.5 Å². The summed E-state index contributed by atoms with van der Waals surface area (Å²) in [5.41, 5.74) is 1.87. The zero-order chi connectivity index (χ0) is 21.3. The maximum atomic E-state index is 12.2. The molecule has 0 fully saturated rings. The van der Waals surface area contributed by atoms with Crippen molar-refractivity contribution in [2.75, 3.05) is 31.3 Å². The average molecular weight is 406 g/mol. The molecule has 4 rings (SSSR count). The summed E-state index contributed by atoms with van der Waals surface area (Å²) in [4.78, 5) is 27.5. The van der Waals surface area contributed by atoms with Gasteiger partial charge in [0, 0.05) is 31.6 Å². The lowest BCUT2D eigenvalue weighted by atomic mass is 10.2. The van der Waals surface area contributed by atoms with E-state index in [1.165, 1.54) is 0 Å². The number of likely N-dealkylation sites (N-methyl/N-ethyl adjacent to an activating group) is 1. The number of hydrogen-bond donors (Lipinski definition) is 2. The van der Waals surface area contributed by atoms with Crippen LogP contribution in [0.4, 0.5) is 17.5 Å². The molecule has 0 bridgehead atoms. The van der Waals surface area contributed by atoms with Gasteiger partial charge in [-0.15, -0.1) is 0 Å². The largest absolute Gasteiger partial charge is 0.322 e. The predicted molar refractivity (Wildman–Crippen MR) is 112 cm³/mol. The van der Waals surface area contributed by atoms with Gasteiger partial charge in [-0.05, 0) is 33.2 Å². The fraction of sp³-hybridized carbons (Fsp3) is 0.263. The van der Waals surface area contributed by atoms with E-state index in [4.69, 9.17) is 0 Å². The van der Waals surface area contributed by atoms with Crippen LogP contribution in [0.3, 0.4) is 0 Å². The first-order chi connectivity index (χ1) is 14.4. The first kappa shape index (κ1) is 19.5. The molecule has 2 N–H and O–H groups in total. The van der Waals surface area contributed by atoms with Crippen LogP contribution in [-0.2, 0) is 11.8 Å². The number of carbonyl (C=O) groups excluding carboxylic acids is 1. The van der Waals surface area contributed by atoms with Crippen LogP contribution in [0, 0.1) is 6.92 Å². The van der Waals surface area contributed by atoms with E-state index < -0.39 is 0 Å². The third-order valence-corrected chi connectivity index (χ3v) is 4.16. The normalized spacial score (nSPS) is 11.2. The molecule has 4 aromatic rings. The third-order valence-electron chi connectivity index (χ3n) is 4.16. The molecular weight excluding hydrogens is 384 g/mol. The minimum Gasteiger partial charge on any atom is -0.322 e. The molecule has 1 amide bonds.